The number of carbonyl (C=O) groups excluding carboxylic acids is 1. The Morgan fingerprint density at radius 3 is 2.29 bits per heavy atom. The van der Waals surface area contributed by atoms with Gasteiger partial charge < -0.3 is 5.32 Å². The van der Waals surface area contributed by atoms with Crippen LogP contribution in [0.5, 0.6) is 0 Å². The van der Waals surface area contributed by atoms with Gasteiger partial charge in [-0.25, -0.2) is 8.42 Å². The lowest BCUT2D eigenvalue weighted by atomic mass is 10.1. The second kappa shape index (κ2) is 7.64. The molecule has 150 valence electrons. The van der Waals surface area contributed by atoms with Gasteiger partial charge in [-0.1, -0.05) is 11.6 Å². The van der Waals surface area contributed by atoms with Gasteiger partial charge in [-0.2, -0.15) is 13.2 Å². The molecule has 0 saturated heterocycles. The fourth-order valence-electron chi connectivity index (χ4n) is 2.10. The third-order valence-corrected chi connectivity index (χ3v) is 4.20. The van der Waals surface area contributed by atoms with E-state index in [0.717, 1.165) is 30.5 Å². The number of carbonyl (C=O) groups is 1. The molecule has 0 saturated carbocycles. The van der Waals surface area contributed by atoms with Gasteiger partial charge in [0.15, 0.2) is 0 Å². The molecule has 8 nitrogen and oxygen atoms in total. The van der Waals surface area contributed by atoms with Crippen molar-refractivity contribution in [2.75, 3.05) is 16.3 Å². The van der Waals surface area contributed by atoms with E-state index < -0.39 is 38.3 Å². The van der Waals surface area contributed by atoms with E-state index in [-0.39, 0.29) is 22.0 Å². The molecule has 0 spiro atoms. The van der Waals surface area contributed by atoms with E-state index in [1.807, 2.05) is 4.72 Å². The molecule has 0 fully saturated rings. The maximum atomic E-state index is 12.9. The molecule has 2 aromatic carbocycles. The van der Waals surface area contributed by atoms with Crippen LogP contribution in [0, 0.1) is 10.1 Å². The fraction of sp³-hybridized carbons (Fsp3) is 0.133. The molecule has 0 aliphatic heterocycles. The number of nitro groups is 1. The molecule has 0 heterocycles. The van der Waals surface area contributed by atoms with Crippen molar-refractivity contribution in [1.82, 2.24) is 0 Å². The van der Waals surface area contributed by atoms with Gasteiger partial charge in [-0.3, -0.25) is 19.6 Å². The second-order valence-electron chi connectivity index (χ2n) is 5.51. The number of hydrogen-bond acceptors (Lipinski definition) is 5. The third kappa shape index (κ3) is 5.33. The summed E-state index contributed by atoms with van der Waals surface area (Å²) in [7, 11) is -3.86. The van der Waals surface area contributed by atoms with E-state index in [1.165, 1.54) is 0 Å². The fourth-order valence-corrected chi connectivity index (χ4v) is 2.94. The number of nitrogens with zero attached hydrogens (tertiary/aromatic N) is 1. The van der Waals surface area contributed by atoms with Crippen LogP contribution in [-0.2, 0) is 16.2 Å². The van der Waals surface area contributed by atoms with Gasteiger partial charge in [0.25, 0.3) is 11.6 Å². The topological polar surface area (TPSA) is 118 Å². The first-order valence-corrected chi connectivity index (χ1v) is 9.49. The van der Waals surface area contributed by atoms with Crippen LogP contribution in [0.2, 0.25) is 5.02 Å². The van der Waals surface area contributed by atoms with Crippen molar-refractivity contribution >= 4 is 44.6 Å². The highest BCUT2D eigenvalue weighted by Crippen LogP contribution is 2.35. The maximum absolute atomic E-state index is 12.9. The SMILES string of the molecule is CS(=O)(=O)Nc1ccc(C(F)(F)F)cc1NC(=O)c1ccc([N+](=O)[O-])cc1Cl. The van der Waals surface area contributed by atoms with Gasteiger partial charge in [0.1, 0.15) is 0 Å². The van der Waals surface area contributed by atoms with Crippen molar-refractivity contribution in [1.29, 1.82) is 0 Å². The average Bonchev–Trinajstić information content (AvgIpc) is 2.53. The molecule has 1 amide bonds. The number of nitrogens with one attached hydrogen (secondary N) is 2. The number of halogens is 4. The minimum absolute atomic E-state index is 0.255. The lowest BCUT2D eigenvalue weighted by Gasteiger charge is -2.15. The molecule has 0 bridgehead atoms. The number of amides is 1. The van der Waals surface area contributed by atoms with Crippen molar-refractivity contribution in [3.63, 3.8) is 0 Å². The Balaban J connectivity index is 2.45. The number of alkyl halides is 3. The quantitative estimate of drug-likeness (QED) is 0.543. The van der Waals surface area contributed by atoms with E-state index in [2.05, 4.69) is 5.32 Å². The summed E-state index contributed by atoms with van der Waals surface area (Å²) >= 11 is 5.83. The molecule has 0 aliphatic carbocycles. The molecule has 2 aromatic rings. The van der Waals surface area contributed by atoms with E-state index in [0.29, 0.717) is 12.1 Å². The predicted octanol–water partition coefficient (Wildman–Crippen LogP) is 3.89. The number of rotatable bonds is 5. The Morgan fingerprint density at radius 2 is 1.79 bits per heavy atom. The number of hydrogen-bond donors (Lipinski definition) is 2. The highest BCUT2D eigenvalue weighted by Gasteiger charge is 2.31. The van der Waals surface area contributed by atoms with Crippen molar-refractivity contribution in [2.24, 2.45) is 0 Å². The molecule has 2 rings (SSSR count). The molecule has 0 unspecified atom stereocenters. The largest absolute Gasteiger partial charge is 0.416 e. The van der Waals surface area contributed by atoms with Crippen LogP contribution in [0.1, 0.15) is 15.9 Å². The van der Waals surface area contributed by atoms with Crippen LogP contribution in [0.25, 0.3) is 0 Å². The van der Waals surface area contributed by atoms with Crippen LogP contribution >= 0.6 is 11.6 Å². The summed E-state index contributed by atoms with van der Waals surface area (Å²) in [6.07, 6.45) is -3.96. The van der Waals surface area contributed by atoms with Crippen molar-refractivity contribution < 1.29 is 31.3 Å². The highest BCUT2D eigenvalue weighted by molar-refractivity contribution is 7.92. The number of nitro benzene ring substituents is 1. The van der Waals surface area contributed by atoms with E-state index in [1.54, 1.807) is 0 Å². The first-order chi connectivity index (χ1) is 12.8. The van der Waals surface area contributed by atoms with Gasteiger partial charge in [0.2, 0.25) is 10.0 Å². The summed E-state index contributed by atoms with van der Waals surface area (Å²) < 4.78 is 63.7. The Kier molecular flexibility index (Phi) is 5.85. The lowest BCUT2D eigenvalue weighted by molar-refractivity contribution is -0.384. The third-order valence-electron chi connectivity index (χ3n) is 3.30. The zero-order valence-electron chi connectivity index (χ0n) is 13.9. The van der Waals surface area contributed by atoms with E-state index in [9.17, 15) is 36.5 Å². The Morgan fingerprint density at radius 1 is 1.14 bits per heavy atom. The number of non-ortho nitro benzene ring substituents is 1. The average molecular weight is 438 g/mol. The first kappa shape index (κ1) is 21.4. The predicted molar refractivity (Wildman–Crippen MR) is 96.0 cm³/mol. The standard InChI is InChI=1S/C15H11ClF3N3O5S/c1-28(26,27)21-12-5-2-8(15(17,18)19)6-13(12)20-14(23)10-4-3-9(22(24)25)7-11(10)16/h2-7,21H,1H3,(H,20,23). The summed E-state index contributed by atoms with van der Waals surface area (Å²) in [6.45, 7) is 0. The van der Waals surface area contributed by atoms with Crippen molar-refractivity contribution in [3.8, 4) is 0 Å². The van der Waals surface area contributed by atoms with Gasteiger partial charge in [-0.15, -0.1) is 0 Å². The molecule has 28 heavy (non-hydrogen) atoms. The second-order valence-corrected chi connectivity index (χ2v) is 7.66. The molecule has 0 radical (unpaired) electrons. The van der Waals surface area contributed by atoms with Crippen LogP contribution in [0.4, 0.5) is 30.2 Å². The van der Waals surface area contributed by atoms with Crippen LogP contribution < -0.4 is 10.0 Å². The summed E-state index contributed by atoms with van der Waals surface area (Å²) in [5.74, 6) is -0.990. The molecule has 0 atom stereocenters. The van der Waals surface area contributed by atoms with Crippen LogP contribution in [0.3, 0.4) is 0 Å². The number of benzene rings is 2. The summed E-state index contributed by atoms with van der Waals surface area (Å²) in [6, 6.07) is 4.94. The van der Waals surface area contributed by atoms with Crippen LogP contribution in [0.15, 0.2) is 36.4 Å². The minimum atomic E-state index is -4.74. The summed E-state index contributed by atoms with van der Waals surface area (Å²) in [5.41, 5.74) is -2.55. The lowest BCUT2D eigenvalue weighted by Crippen LogP contribution is -2.17. The van der Waals surface area contributed by atoms with Gasteiger partial charge in [-0.05, 0) is 24.3 Å². The van der Waals surface area contributed by atoms with E-state index >= 15 is 0 Å². The van der Waals surface area contributed by atoms with Crippen molar-refractivity contribution in [2.45, 2.75) is 6.18 Å². The van der Waals surface area contributed by atoms with E-state index in [4.69, 9.17) is 11.6 Å². The van der Waals surface area contributed by atoms with Gasteiger partial charge in [0, 0.05) is 12.1 Å². The monoisotopic (exact) mass is 437 g/mol. The van der Waals surface area contributed by atoms with Gasteiger partial charge >= 0.3 is 6.18 Å². The normalized spacial score (nSPS) is 11.8. The molecule has 0 aromatic heterocycles. The first-order valence-electron chi connectivity index (χ1n) is 7.22. The number of sulfonamides is 1. The zero-order chi connectivity index (χ0) is 21.3. The Hall–Kier alpha value is -2.86. The van der Waals surface area contributed by atoms with Crippen molar-refractivity contribution in [3.05, 3.63) is 62.7 Å². The summed E-state index contributed by atoms with van der Waals surface area (Å²) in [5, 5.41) is 12.5. The highest BCUT2D eigenvalue weighted by atomic mass is 35.5. The number of anilines is 2. The van der Waals surface area contributed by atoms with Crippen LogP contribution in [-0.4, -0.2) is 25.5 Å². The maximum Gasteiger partial charge on any atom is 0.416 e. The molecule has 13 heteroatoms. The minimum Gasteiger partial charge on any atom is -0.320 e. The Bertz CT molecular complexity index is 1060. The molecular weight excluding hydrogens is 427 g/mol. The Labute approximate surface area is 161 Å². The zero-order valence-corrected chi connectivity index (χ0v) is 15.4. The molecule has 2 N–H and O–H groups in total. The smallest absolute Gasteiger partial charge is 0.320 e. The summed E-state index contributed by atoms with van der Waals surface area (Å²) in [4.78, 5) is 22.3. The molecular formula is C15H11ClF3N3O5S. The van der Waals surface area contributed by atoms with Gasteiger partial charge in [0.05, 0.1) is 38.7 Å². The molecule has 0 aliphatic rings.